The van der Waals surface area contributed by atoms with Crippen molar-refractivity contribution in [1.29, 1.82) is 0 Å². The smallest absolute Gasteiger partial charge is 0.337 e. The van der Waals surface area contributed by atoms with Crippen LogP contribution in [0, 0.1) is 6.92 Å². The van der Waals surface area contributed by atoms with Crippen LogP contribution in [0.5, 0.6) is 0 Å². The van der Waals surface area contributed by atoms with E-state index in [0.717, 1.165) is 9.87 Å². The Bertz CT molecular complexity index is 1000. The Labute approximate surface area is 166 Å². The fourth-order valence-corrected chi connectivity index (χ4v) is 4.08. The number of carbonyl (C=O) groups excluding carboxylic acids is 2. The molecule has 27 heavy (non-hydrogen) atoms. The number of benzene rings is 2. The molecule has 0 aliphatic rings. The Morgan fingerprint density at radius 3 is 2.30 bits per heavy atom. The number of anilines is 1. The highest BCUT2D eigenvalue weighted by Gasteiger charge is 2.22. The Balaban J connectivity index is 2.39. The number of nitrogens with one attached hydrogen (secondary N) is 1. The van der Waals surface area contributed by atoms with Crippen LogP contribution < -0.4 is 5.32 Å². The Morgan fingerprint density at radius 1 is 1.07 bits per heavy atom. The highest BCUT2D eigenvalue weighted by molar-refractivity contribution is 9.10. The molecule has 1 N–H and O–H groups in total. The Kier molecular flexibility index (Phi) is 6.40. The van der Waals surface area contributed by atoms with Gasteiger partial charge in [0.15, 0.2) is 0 Å². The highest BCUT2D eigenvalue weighted by atomic mass is 79.9. The molecule has 0 saturated heterocycles. The van der Waals surface area contributed by atoms with Gasteiger partial charge in [-0.2, -0.15) is 0 Å². The minimum Gasteiger partial charge on any atom is -0.465 e. The molecule has 0 atom stereocenters. The molecule has 0 unspecified atom stereocenters. The van der Waals surface area contributed by atoms with Gasteiger partial charge in [0.05, 0.1) is 17.6 Å². The van der Waals surface area contributed by atoms with E-state index in [1.807, 2.05) is 0 Å². The lowest BCUT2D eigenvalue weighted by Gasteiger charge is -2.14. The fraction of sp³-hybridized carbons (Fsp3) is 0.222. The molecule has 0 saturated carbocycles. The molecule has 0 aliphatic heterocycles. The van der Waals surface area contributed by atoms with Crippen LogP contribution in [0.1, 0.15) is 26.3 Å². The number of rotatable bonds is 5. The molecule has 1 amide bonds. The van der Waals surface area contributed by atoms with Gasteiger partial charge >= 0.3 is 5.97 Å². The first kappa shape index (κ1) is 21.1. The maximum atomic E-state index is 12.6. The summed E-state index contributed by atoms with van der Waals surface area (Å²) in [6, 6.07) is 9.10. The van der Waals surface area contributed by atoms with Crippen LogP contribution in [0.4, 0.5) is 5.69 Å². The van der Waals surface area contributed by atoms with E-state index < -0.39 is 21.9 Å². The molecule has 7 nitrogen and oxygen atoms in total. The van der Waals surface area contributed by atoms with E-state index in [0.29, 0.717) is 15.7 Å². The second kappa shape index (κ2) is 8.20. The summed E-state index contributed by atoms with van der Waals surface area (Å²) in [5, 5.41) is 2.70. The van der Waals surface area contributed by atoms with E-state index in [1.54, 1.807) is 19.1 Å². The summed E-state index contributed by atoms with van der Waals surface area (Å²) in [6.45, 7) is 1.78. The van der Waals surface area contributed by atoms with Gasteiger partial charge in [-0.05, 0) is 58.7 Å². The number of hydrogen-bond acceptors (Lipinski definition) is 5. The van der Waals surface area contributed by atoms with Gasteiger partial charge in [-0.3, -0.25) is 4.79 Å². The summed E-state index contributed by atoms with van der Waals surface area (Å²) in [7, 11) is 0.378. The van der Waals surface area contributed by atoms with Crippen molar-refractivity contribution < 1.29 is 22.7 Å². The Morgan fingerprint density at radius 2 is 1.70 bits per heavy atom. The molecule has 0 bridgehead atoms. The minimum atomic E-state index is -3.72. The maximum Gasteiger partial charge on any atom is 0.337 e. The molecule has 0 spiro atoms. The molecule has 0 radical (unpaired) electrons. The molecule has 2 aromatic carbocycles. The molecule has 0 aromatic heterocycles. The number of nitrogens with zero attached hydrogens (tertiary/aromatic N) is 1. The third-order valence-corrected chi connectivity index (χ3v) is 6.67. The molecular formula is C18H19BrN2O5S. The summed E-state index contributed by atoms with van der Waals surface area (Å²) in [4.78, 5) is 24.3. The van der Waals surface area contributed by atoms with Gasteiger partial charge in [0.25, 0.3) is 5.91 Å². The minimum absolute atomic E-state index is 0.0137. The first-order chi connectivity index (χ1) is 12.6. The molecular weight excluding hydrogens is 436 g/mol. The van der Waals surface area contributed by atoms with Crippen molar-refractivity contribution in [3.05, 3.63) is 57.6 Å². The normalized spacial score (nSPS) is 11.3. The van der Waals surface area contributed by atoms with Crippen LogP contribution in [0.3, 0.4) is 0 Å². The molecule has 0 heterocycles. The third kappa shape index (κ3) is 4.55. The number of amides is 1. The number of halogens is 1. The van der Waals surface area contributed by atoms with Crippen LogP contribution in [-0.4, -0.2) is 45.8 Å². The van der Waals surface area contributed by atoms with Gasteiger partial charge in [-0.25, -0.2) is 17.5 Å². The zero-order valence-electron chi connectivity index (χ0n) is 15.2. The second-order valence-electron chi connectivity index (χ2n) is 5.91. The number of hydrogen-bond donors (Lipinski definition) is 1. The summed E-state index contributed by atoms with van der Waals surface area (Å²) < 4.78 is 30.9. The molecule has 2 aromatic rings. The number of aryl methyl sites for hydroxylation is 1. The van der Waals surface area contributed by atoms with Crippen molar-refractivity contribution in [2.75, 3.05) is 26.5 Å². The number of ether oxygens (including phenoxy) is 1. The predicted octanol–water partition coefficient (Wildman–Crippen LogP) is 3.05. The average Bonchev–Trinajstić information content (AvgIpc) is 2.62. The SMILES string of the molecule is COC(=O)c1ccc(C)c(NC(=O)c2ccc(Br)c(S(=O)(=O)N(C)C)c2)c1. The van der Waals surface area contributed by atoms with E-state index in [-0.39, 0.29) is 10.5 Å². The quantitative estimate of drug-likeness (QED) is 0.700. The third-order valence-electron chi connectivity index (χ3n) is 3.86. The largest absolute Gasteiger partial charge is 0.465 e. The lowest BCUT2D eigenvalue weighted by Crippen LogP contribution is -2.23. The van der Waals surface area contributed by atoms with E-state index in [9.17, 15) is 18.0 Å². The lowest BCUT2D eigenvalue weighted by atomic mass is 10.1. The molecule has 0 aliphatic carbocycles. The van der Waals surface area contributed by atoms with Crippen LogP contribution in [0.2, 0.25) is 0 Å². The number of sulfonamides is 1. The first-order valence-corrected chi connectivity index (χ1v) is 10.0. The van der Waals surface area contributed by atoms with Crippen LogP contribution >= 0.6 is 15.9 Å². The lowest BCUT2D eigenvalue weighted by molar-refractivity contribution is 0.0600. The van der Waals surface area contributed by atoms with Gasteiger partial charge in [0, 0.05) is 29.8 Å². The van der Waals surface area contributed by atoms with Crippen molar-refractivity contribution in [1.82, 2.24) is 4.31 Å². The predicted molar refractivity (Wildman–Crippen MR) is 105 cm³/mol. The summed E-state index contributed by atoms with van der Waals surface area (Å²) >= 11 is 3.21. The van der Waals surface area contributed by atoms with Crippen molar-refractivity contribution in [2.45, 2.75) is 11.8 Å². The van der Waals surface area contributed by atoms with Gasteiger partial charge in [0.2, 0.25) is 10.0 Å². The monoisotopic (exact) mass is 454 g/mol. The summed E-state index contributed by atoms with van der Waals surface area (Å²) in [5.41, 5.74) is 1.64. The van der Waals surface area contributed by atoms with E-state index in [1.165, 1.54) is 45.5 Å². The van der Waals surface area contributed by atoms with Crippen molar-refractivity contribution in [3.63, 3.8) is 0 Å². The average molecular weight is 455 g/mol. The number of carbonyl (C=O) groups is 2. The van der Waals surface area contributed by atoms with Crippen molar-refractivity contribution in [2.24, 2.45) is 0 Å². The maximum absolute atomic E-state index is 12.6. The highest BCUT2D eigenvalue weighted by Crippen LogP contribution is 2.26. The number of methoxy groups -OCH3 is 1. The van der Waals surface area contributed by atoms with Crippen LogP contribution in [0.25, 0.3) is 0 Å². The van der Waals surface area contributed by atoms with Gasteiger partial charge < -0.3 is 10.1 Å². The van der Waals surface area contributed by atoms with Crippen molar-refractivity contribution in [3.8, 4) is 0 Å². The van der Waals surface area contributed by atoms with Crippen LogP contribution in [0.15, 0.2) is 45.8 Å². The van der Waals surface area contributed by atoms with E-state index in [4.69, 9.17) is 0 Å². The van der Waals surface area contributed by atoms with Gasteiger partial charge in [0.1, 0.15) is 0 Å². The number of esters is 1. The molecule has 144 valence electrons. The summed E-state index contributed by atoms with van der Waals surface area (Å²) in [6.07, 6.45) is 0. The standard InChI is InChI=1S/C18H19BrN2O5S/c1-11-5-6-13(18(23)26-4)9-15(11)20-17(22)12-7-8-14(19)16(10-12)27(24,25)21(2)3/h5-10H,1-4H3,(H,20,22). The Hall–Kier alpha value is -2.23. The van der Waals surface area contributed by atoms with E-state index in [2.05, 4.69) is 26.0 Å². The van der Waals surface area contributed by atoms with Crippen LogP contribution in [-0.2, 0) is 14.8 Å². The van der Waals surface area contributed by atoms with E-state index >= 15 is 0 Å². The molecule has 9 heteroatoms. The van der Waals surface area contributed by atoms with Gasteiger partial charge in [-0.1, -0.05) is 6.07 Å². The zero-order chi connectivity index (χ0) is 20.4. The summed E-state index contributed by atoms with van der Waals surface area (Å²) in [5.74, 6) is -1.02. The molecule has 2 rings (SSSR count). The molecule has 0 fully saturated rings. The first-order valence-electron chi connectivity index (χ1n) is 7.80. The fourth-order valence-electron chi connectivity index (χ4n) is 2.23. The van der Waals surface area contributed by atoms with Gasteiger partial charge in [-0.15, -0.1) is 0 Å². The van der Waals surface area contributed by atoms with Crippen molar-refractivity contribution >= 4 is 43.5 Å². The second-order valence-corrected chi connectivity index (χ2v) is 8.88. The zero-order valence-corrected chi connectivity index (χ0v) is 17.6. The topological polar surface area (TPSA) is 92.8 Å².